The van der Waals surface area contributed by atoms with Crippen molar-refractivity contribution in [1.29, 1.82) is 0 Å². The highest BCUT2D eigenvalue weighted by Gasteiger charge is 2.33. The van der Waals surface area contributed by atoms with Gasteiger partial charge in [0.05, 0.1) is 12.5 Å². The number of ether oxygens (including phenoxy) is 1. The number of carbonyl (C=O) groups excluding carboxylic acids is 2. The van der Waals surface area contributed by atoms with E-state index in [-0.39, 0.29) is 23.8 Å². The normalized spacial score (nSPS) is 27.2. The summed E-state index contributed by atoms with van der Waals surface area (Å²) in [6.45, 7) is 2.58. The summed E-state index contributed by atoms with van der Waals surface area (Å²) in [7, 11) is 0. The molecule has 0 unspecified atom stereocenters. The average Bonchev–Trinajstić information content (AvgIpc) is 2.52. The van der Waals surface area contributed by atoms with E-state index in [0.29, 0.717) is 19.6 Å². The zero-order valence-electron chi connectivity index (χ0n) is 7.58. The van der Waals surface area contributed by atoms with Crippen LogP contribution in [0.1, 0.15) is 13.3 Å². The Hall–Kier alpha value is -1.10. The van der Waals surface area contributed by atoms with Crippen molar-refractivity contribution in [3.63, 3.8) is 0 Å². The molecule has 0 aliphatic carbocycles. The molecule has 3 N–H and O–H groups in total. The van der Waals surface area contributed by atoms with Crippen LogP contribution in [0.15, 0.2) is 0 Å². The van der Waals surface area contributed by atoms with Crippen molar-refractivity contribution in [3.05, 3.63) is 0 Å². The summed E-state index contributed by atoms with van der Waals surface area (Å²) in [6.07, 6.45) is 0.453. The predicted octanol–water partition coefficient (Wildman–Crippen LogP) is -0.987. The lowest BCUT2D eigenvalue weighted by Crippen LogP contribution is -2.32. The number of hydrogen-bond donors (Lipinski definition) is 2. The standard InChI is InChI=1S/C8H14N2O3/c1-2-13-8(12)6-3-5(4-10-6)7(9)11/h5-6,10H,2-4H2,1H3,(H2,9,11)/t5-,6+/m1/s1. The molecule has 2 atom stereocenters. The lowest BCUT2D eigenvalue weighted by atomic mass is 10.1. The first-order valence-corrected chi connectivity index (χ1v) is 4.34. The number of amides is 1. The molecule has 0 aromatic rings. The van der Waals surface area contributed by atoms with Gasteiger partial charge in [-0.25, -0.2) is 0 Å². The summed E-state index contributed by atoms with van der Waals surface area (Å²) in [5, 5.41) is 2.90. The van der Waals surface area contributed by atoms with Crippen LogP contribution >= 0.6 is 0 Å². The number of nitrogens with one attached hydrogen (secondary N) is 1. The van der Waals surface area contributed by atoms with Gasteiger partial charge in [-0.3, -0.25) is 9.59 Å². The molecule has 1 aliphatic rings. The monoisotopic (exact) mass is 186 g/mol. The minimum Gasteiger partial charge on any atom is -0.465 e. The smallest absolute Gasteiger partial charge is 0.323 e. The van der Waals surface area contributed by atoms with E-state index in [1.54, 1.807) is 6.92 Å². The molecule has 0 bridgehead atoms. The first kappa shape index (κ1) is 9.98. The lowest BCUT2D eigenvalue weighted by Gasteiger charge is -2.07. The Bertz CT molecular complexity index is 217. The second kappa shape index (κ2) is 4.23. The Labute approximate surface area is 76.6 Å². The molecule has 1 fully saturated rings. The van der Waals surface area contributed by atoms with Crippen molar-refractivity contribution < 1.29 is 14.3 Å². The fourth-order valence-corrected chi connectivity index (χ4v) is 1.37. The number of primary amides is 1. The van der Waals surface area contributed by atoms with Gasteiger partial charge in [0, 0.05) is 6.54 Å². The molecule has 1 amide bonds. The van der Waals surface area contributed by atoms with Crippen LogP contribution in [-0.2, 0) is 14.3 Å². The molecule has 1 saturated heterocycles. The van der Waals surface area contributed by atoms with Crippen molar-refractivity contribution in [1.82, 2.24) is 5.32 Å². The van der Waals surface area contributed by atoms with E-state index in [1.165, 1.54) is 0 Å². The van der Waals surface area contributed by atoms with E-state index >= 15 is 0 Å². The van der Waals surface area contributed by atoms with E-state index in [9.17, 15) is 9.59 Å². The van der Waals surface area contributed by atoms with Gasteiger partial charge in [-0.2, -0.15) is 0 Å². The third kappa shape index (κ3) is 2.42. The highest BCUT2D eigenvalue weighted by molar-refractivity contribution is 5.81. The zero-order valence-corrected chi connectivity index (χ0v) is 7.58. The van der Waals surface area contributed by atoms with Gasteiger partial charge in [-0.1, -0.05) is 0 Å². The molecule has 0 aromatic carbocycles. The Kier molecular flexibility index (Phi) is 3.25. The summed E-state index contributed by atoms with van der Waals surface area (Å²) < 4.78 is 4.80. The Morgan fingerprint density at radius 3 is 2.77 bits per heavy atom. The van der Waals surface area contributed by atoms with Crippen molar-refractivity contribution in [2.45, 2.75) is 19.4 Å². The predicted molar refractivity (Wildman–Crippen MR) is 45.7 cm³/mol. The fraction of sp³-hybridized carbons (Fsp3) is 0.750. The van der Waals surface area contributed by atoms with Crippen molar-refractivity contribution in [3.8, 4) is 0 Å². The third-order valence-corrected chi connectivity index (χ3v) is 2.10. The fourth-order valence-electron chi connectivity index (χ4n) is 1.37. The minimum absolute atomic E-state index is 0.241. The van der Waals surface area contributed by atoms with Crippen LogP contribution in [0, 0.1) is 5.92 Å². The molecule has 1 rings (SSSR count). The van der Waals surface area contributed by atoms with Crippen molar-refractivity contribution >= 4 is 11.9 Å². The zero-order chi connectivity index (χ0) is 9.84. The number of carbonyl (C=O) groups is 2. The number of nitrogens with two attached hydrogens (primary N) is 1. The van der Waals surface area contributed by atoms with Gasteiger partial charge in [0.15, 0.2) is 0 Å². The molecule has 5 heteroatoms. The van der Waals surface area contributed by atoms with Crippen LogP contribution < -0.4 is 11.1 Å². The van der Waals surface area contributed by atoms with E-state index in [4.69, 9.17) is 10.5 Å². The molecule has 5 nitrogen and oxygen atoms in total. The van der Waals surface area contributed by atoms with Crippen LogP contribution in [0.2, 0.25) is 0 Å². The molecule has 0 spiro atoms. The van der Waals surface area contributed by atoms with E-state index in [1.807, 2.05) is 0 Å². The molecular weight excluding hydrogens is 172 g/mol. The SMILES string of the molecule is CCOC(=O)[C@@H]1C[C@@H](C(N)=O)CN1. The van der Waals surface area contributed by atoms with Gasteiger partial charge < -0.3 is 15.8 Å². The Morgan fingerprint density at radius 1 is 1.62 bits per heavy atom. The highest BCUT2D eigenvalue weighted by Crippen LogP contribution is 2.14. The van der Waals surface area contributed by atoms with Crippen molar-refractivity contribution in [2.24, 2.45) is 11.7 Å². The van der Waals surface area contributed by atoms with E-state index < -0.39 is 0 Å². The summed E-state index contributed by atoms with van der Waals surface area (Å²) >= 11 is 0. The molecule has 13 heavy (non-hydrogen) atoms. The van der Waals surface area contributed by atoms with Gasteiger partial charge in [-0.15, -0.1) is 0 Å². The van der Waals surface area contributed by atoms with E-state index in [0.717, 1.165) is 0 Å². The summed E-state index contributed by atoms with van der Waals surface area (Å²) in [5.41, 5.74) is 5.10. The third-order valence-electron chi connectivity index (χ3n) is 2.10. The molecular formula is C8H14N2O3. The second-order valence-corrected chi connectivity index (χ2v) is 3.05. The maximum atomic E-state index is 11.2. The number of esters is 1. The molecule has 0 aromatic heterocycles. The van der Waals surface area contributed by atoms with Gasteiger partial charge in [0.1, 0.15) is 6.04 Å². The average molecular weight is 186 g/mol. The first-order valence-electron chi connectivity index (χ1n) is 4.34. The quantitative estimate of drug-likeness (QED) is 0.555. The summed E-state index contributed by atoms with van der Waals surface area (Å²) in [6, 6.07) is -0.363. The van der Waals surface area contributed by atoms with Crippen LogP contribution in [0.25, 0.3) is 0 Å². The molecule has 74 valence electrons. The van der Waals surface area contributed by atoms with Gasteiger partial charge in [0.2, 0.25) is 5.91 Å². The van der Waals surface area contributed by atoms with E-state index in [2.05, 4.69) is 5.32 Å². The summed E-state index contributed by atoms with van der Waals surface area (Å²) in [4.78, 5) is 21.9. The number of hydrogen-bond acceptors (Lipinski definition) is 4. The molecule has 0 saturated carbocycles. The van der Waals surface area contributed by atoms with Gasteiger partial charge in [0.25, 0.3) is 0 Å². The van der Waals surface area contributed by atoms with Gasteiger partial charge >= 0.3 is 5.97 Å². The number of rotatable bonds is 3. The van der Waals surface area contributed by atoms with Gasteiger partial charge in [-0.05, 0) is 13.3 Å². The molecule has 1 heterocycles. The van der Waals surface area contributed by atoms with Crippen molar-refractivity contribution in [2.75, 3.05) is 13.2 Å². The maximum Gasteiger partial charge on any atom is 0.323 e. The highest BCUT2D eigenvalue weighted by atomic mass is 16.5. The van der Waals surface area contributed by atoms with Crippen LogP contribution in [0.5, 0.6) is 0 Å². The Balaban J connectivity index is 2.40. The van der Waals surface area contributed by atoms with Crippen LogP contribution in [-0.4, -0.2) is 31.1 Å². The molecule has 1 aliphatic heterocycles. The molecule has 0 radical (unpaired) electrons. The Morgan fingerprint density at radius 2 is 2.31 bits per heavy atom. The largest absolute Gasteiger partial charge is 0.465 e. The minimum atomic E-state index is -0.363. The summed E-state index contributed by atoms with van der Waals surface area (Å²) in [5.74, 6) is -0.903. The van der Waals surface area contributed by atoms with Crippen LogP contribution in [0.3, 0.4) is 0 Å². The lowest BCUT2D eigenvalue weighted by molar-refractivity contribution is -0.145. The maximum absolute atomic E-state index is 11.2. The van der Waals surface area contributed by atoms with Crippen LogP contribution in [0.4, 0.5) is 0 Å². The second-order valence-electron chi connectivity index (χ2n) is 3.05. The topological polar surface area (TPSA) is 81.4 Å². The first-order chi connectivity index (χ1) is 6.15.